The van der Waals surface area contributed by atoms with Crippen molar-refractivity contribution in [2.75, 3.05) is 18.4 Å². The van der Waals surface area contributed by atoms with Crippen molar-refractivity contribution >= 4 is 28.6 Å². The van der Waals surface area contributed by atoms with Gasteiger partial charge >= 0.3 is 5.97 Å². The van der Waals surface area contributed by atoms with Gasteiger partial charge in [0.25, 0.3) is 5.92 Å². The molecule has 0 aromatic carbocycles. The number of aryl methyl sites for hydroxylation is 1. The van der Waals surface area contributed by atoms with Crippen LogP contribution in [-0.2, 0) is 11.3 Å². The van der Waals surface area contributed by atoms with Crippen molar-refractivity contribution in [1.82, 2.24) is 14.5 Å². The van der Waals surface area contributed by atoms with Crippen LogP contribution in [0, 0.1) is 5.92 Å². The predicted octanol–water partition coefficient (Wildman–Crippen LogP) is 2.81. The number of pyridine rings is 1. The fraction of sp³-hybridized carbons (Fsp3) is 0.526. The van der Waals surface area contributed by atoms with Crippen molar-refractivity contribution in [1.29, 1.82) is 0 Å². The van der Waals surface area contributed by atoms with E-state index in [1.54, 1.807) is 0 Å². The van der Waals surface area contributed by atoms with E-state index in [0.717, 1.165) is 6.42 Å². The molecule has 4 rings (SSSR count). The number of rotatable bonds is 5. The van der Waals surface area contributed by atoms with E-state index in [0.29, 0.717) is 36.2 Å². The lowest BCUT2D eigenvalue weighted by atomic mass is 10.0. The SMILES string of the molecule is CCn1ccc2c(N[C@@H]3CCCN(C(=O)[C@H]4CC4(F)F)C3)c(C(=O)O)cnc21. The molecule has 2 atom stereocenters. The van der Waals surface area contributed by atoms with Crippen LogP contribution in [-0.4, -0.2) is 56.5 Å². The third-order valence-corrected chi connectivity index (χ3v) is 5.57. The number of amides is 1. The van der Waals surface area contributed by atoms with Crippen molar-refractivity contribution in [3.63, 3.8) is 0 Å². The number of piperidine rings is 1. The number of carbonyl (C=O) groups is 2. The highest BCUT2D eigenvalue weighted by Gasteiger charge is 2.62. The Hall–Kier alpha value is -2.71. The van der Waals surface area contributed by atoms with Crippen molar-refractivity contribution in [2.45, 2.75) is 44.7 Å². The van der Waals surface area contributed by atoms with Crippen LogP contribution in [0.2, 0.25) is 0 Å². The summed E-state index contributed by atoms with van der Waals surface area (Å²) in [5, 5.41) is 13.5. The minimum absolute atomic E-state index is 0.0542. The number of halogens is 2. The number of carboxylic acids is 1. The molecule has 1 aliphatic carbocycles. The second-order valence-electron chi connectivity index (χ2n) is 7.48. The first kappa shape index (κ1) is 18.6. The van der Waals surface area contributed by atoms with Crippen LogP contribution >= 0.6 is 0 Å². The molecule has 1 aliphatic heterocycles. The van der Waals surface area contributed by atoms with Gasteiger partial charge in [-0.15, -0.1) is 0 Å². The number of carboxylic acid groups (broad SMARTS) is 1. The number of hydrogen-bond donors (Lipinski definition) is 2. The summed E-state index contributed by atoms with van der Waals surface area (Å²) in [4.78, 5) is 29.8. The zero-order chi connectivity index (χ0) is 20.1. The fourth-order valence-corrected chi connectivity index (χ4v) is 3.91. The van der Waals surface area contributed by atoms with Crippen LogP contribution in [0.4, 0.5) is 14.5 Å². The second kappa shape index (κ2) is 6.72. The van der Waals surface area contributed by atoms with Crippen LogP contribution in [0.5, 0.6) is 0 Å². The molecule has 0 unspecified atom stereocenters. The first-order chi connectivity index (χ1) is 13.3. The van der Waals surface area contributed by atoms with Gasteiger partial charge in [0.15, 0.2) is 0 Å². The molecule has 2 aromatic heterocycles. The number of hydrogen-bond acceptors (Lipinski definition) is 4. The molecule has 1 amide bonds. The lowest BCUT2D eigenvalue weighted by molar-refractivity contribution is -0.135. The largest absolute Gasteiger partial charge is 0.478 e. The Bertz CT molecular complexity index is 943. The zero-order valence-electron chi connectivity index (χ0n) is 15.5. The maximum Gasteiger partial charge on any atom is 0.339 e. The zero-order valence-corrected chi connectivity index (χ0v) is 15.5. The number of carbonyl (C=O) groups excluding carboxylic acids is 1. The summed E-state index contributed by atoms with van der Waals surface area (Å²) in [6.07, 6.45) is 4.20. The highest BCUT2D eigenvalue weighted by molar-refractivity contribution is 6.03. The minimum atomic E-state index is -2.88. The van der Waals surface area contributed by atoms with Gasteiger partial charge in [0.1, 0.15) is 17.1 Å². The first-order valence-corrected chi connectivity index (χ1v) is 9.46. The second-order valence-corrected chi connectivity index (χ2v) is 7.48. The number of alkyl halides is 2. The molecule has 0 bridgehead atoms. The summed E-state index contributed by atoms with van der Waals surface area (Å²) in [6, 6.07) is 1.61. The van der Waals surface area contributed by atoms with Crippen LogP contribution in [0.25, 0.3) is 11.0 Å². The number of likely N-dealkylation sites (tertiary alicyclic amines) is 1. The molecule has 0 radical (unpaired) electrons. The molecule has 28 heavy (non-hydrogen) atoms. The Morgan fingerprint density at radius 2 is 2.18 bits per heavy atom. The summed E-state index contributed by atoms with van der Waals surface area (Å²) in [6.45, 7) is 3.40. The number of aromatic carboxylic acids is 1. The van der Waals surface area contributed by atoms with E-state index in [9.17, 15) is 23.5 Å². The first-order valence-electron chi connectivity index (χ1n) is 9.46. The van der Waals surface area contributed by atoms with Crippen molar-refractivity contribution < 1.29 is 23.5 Å². The van der Waals surface area contributed by atoms with Gasteiger partial charge in [-0.2, -0.15) is 0 Å². The molecular weight excluding hydrogens is 370 g/mol. The highest BCUT2D eigenvalue weighted by Crippen LogP contribution is 2.49. The third-order valence-electron chi connectivity index (χ3n) is 5.57. The molecule has 2 fully saturated rings. The molecule has 2 N–H and O–H groups in total. The molecule has 150 valence electrons. The van der Waals surface area contributed by atoms with Crippen molar-refractivity contribution in [3.05, 3.63) is 24.0 Å². The van der Waals surface area contributed by atoms with Crippen LogP contribution < -0.4 is 5.32 Å². The monoisotopic (exact) mass is 392 g/mol. The van der Waals surface area contributed by atoms with Gasteiger partial charge in [-0.05, 0) is 25.8 Å². The van der Waals surface area contributed by atoms with Crippen LogP contribution in [0.3, 0.4) is 0 Å². The van der Waals surface area contributed by atoms with Gasteiger partial charge < -0.3 is 19.9 Å². The fourth-order valence-electron chi connectivity index (χ4n) is 3.91. The Labute approximate surface area is 160 Å². The van der Waals surface area contributed by atoms with E-state index in [-0.39, 0.29) is 24.6 Å². The Morgan fingerprint density at radius 3 is 2.82 bits per heavy atom. The average Bonchev–Trinajstić information content (AvgIpc) is 3.11. The van der Waals surface area contributed by atoms with Crippen LogP contribution in [0.15, 0.2) is 18.5 Å². The van der Waals surface area contributed by atoms with Crippen LogP contribution in [0.1, 0.15) is 36.5 Å². The number of nitrogens with one attached hydrogen (secondary N) is 1. The van der Waals surface area contributed by atoms with Crippen molar-refractivity contribution in [3.8, 4) is 0 Å². The maximum absolute atomic E-state index is 13.3. The maximum atomic E-state index is 13.3. The molecule has 9 heteroatoms. The standard InChI is InChI=1S/C19H22F2N4O3/c1-2-24-7-5-12-15(13(18(27)28)9-22-16(12)24)23-11-4-3-6-25(10-11)17(26)14-8-19(14,20)21/h5,7,9,11,14H,2-4,6,8,10H2,1H3,(H,22,23)(H,27,28)/t11-,14-/m1/s1. The summed E-state index contributed by atoms with van der Waals surface area (Å²) in [5.74, 6) is -5.68. The molecular formula is C19H22F2N4O3. The molecule has 1 saturated carbocycles. The number of fused-ring (bicyclic) bond motifs is 1. The molecule has 0 spiro atoms. The minimum Gasteiger partial charge on any atom is -0.478 e. The number of aromatic nitrogens is 2. The molecule has 2 aromatic rings. The van der Waals surface area contributed by atoms with Gasteiger partial charge in [0, 0.05) is 49.9 Å². The van der Waals surface area contributed by atoms with Gasteiger partial charge in [-0.25, -0.2) is 18.6 Å². The summed E-state index contributed by atoms with van der Waals surface area (Å²) in [5.41, 5.74) is 1.19. The third kappa shape index (κ3) is 3.18. The highest BCUT2D eigenvalue weighted by atomic mass is 19.3. The normalized spacial score (nSPS) is 23.6. The topological polar surface area (TPSA) is 87.5 Å². The summed E-state index contributed by atoms with van der Waals surface area (Å²) in [7, 11) is 0. The van der Waals surface area contributed by atoms with E-state index < -0.39 is 23.7 Å². The van der Waals surface area contributed by atoms with Gasteiger partial charge in [0.05, 0.1) is 5.69 Å². The average molecular weight is 392 g/mol. The van der Waals surface area contributed by atoms with Crippen molar-refractivity contribution in [2.24, 2.45) is 5.92 Å². The summed E-state index contributed by atoms with van der Waals surface area (Å²) < 4.78 is 28.4. The van der Waals surface area contributed by atoms with E-state index >= 15 is 0 Å². The van der Waals surface area contributed by atoms with E-state index in [1.807, 2.05) is 23.8 Å². The lowest BCUT2D eigenvalue weighted by Gasteiger charge is -2.34. The Kier molecular flexibility index (Phi) is 4.47. The Balaban J connectivity index is 1.58. The molecule has 3 heterocycles. The quantitative estimate of drug-likeness (QED) is 0.817. The number of nitrogens with zero attached hydrogens (tertiary/aromatic N) is 3. The predicted molar refractivity (Wildman–Crippen MR) is 98.6 cm³/mol. The smallest absolute Gasteiger partial charge is 0.339 e. The van der Waals surface area contributed by atoms with E-state index in [4.69, 9.17) is 0 Å². The Morgan fingerprint density at radius 1 is 1.43 bits per heavy atom. The van der Waals surface area contributed by atoms with Gasteiger partial charge in [-0.1, -0.05) is 0 Å². The van der Waals surface area contributed by atoms with E-state index in [2.05, 4.69) is 10.3 Å². The van der Waals surface area contributed by atoms with E-state index in [1.165, 1.54) is 11.1 Å². The summed E-state index contributed by atoms with van der Waals surface area (Å²) >= 11 is 0. The molecule has 7 nitrogen and oxygen atoms in total. The van der Waals surface area contributed by atoms with Gasteiger partial charge in [-0.3, -0.25) is 4.79 Å². The molecule has 1 saturated heterocycles. The number of anilines is 1. The molecule has 2 aliphatic rings. The van der Waals surface area contributed by atoms with Gasteiger partial charge in [0.2, 0.25) is 5.91 Å². The lowest BCUT2D eigenvalue weighted by Crippen LogP contribution is -2.46.